The molecular weight excluding hydrogens is 274 g/mol. The van der Waals surface area contributed by atoms with Gasteiger partial charge in [-0.3, -0.25) is 0 Å². The second-order valence-electron chi connectivity index (χ2n) is 4.83. The lowest BCUT2D eigenvalue weighted by Crippen LogP contribution is -2.15. The van der Waals surface area contributed by atoms with Crippen LogP contribution in [0.15, 0.2) is 0 Å². The summed E-state index contributed by atoms with van der Waals surface area (Å²) in [6, 6.07) is 0. The van der Waals surface area contributed by atoms with E-state index in [4.69, 9.17) is 29.4 Å². The number of nitrogens with two attached hydrogens (primary N) is 1. The third kappa shape index (κ3) is 17.7. The zero-order chi connectivity index (χ0) is 15.6. The maximum absolute atomic E-state index is 5.48. The highest BCUT2D eigenvalue weighted by Gasteiger charge is 1.98. The molecule has 6 heteroatoms. The minimum atomic E-state index is 0.547. The van der Waals surface area contributed by atoms with Crippen LogP contribution in [0.5, 0.6) is 0 Å². The Hall–Kier alpha value is -0.240. The number of hydrogen-bond acceptors (Lipinski definition) is 6. The van der Waals surface area contributed by atoms with Gasteiger partial charge < -0.3 is 29.4 Å². The van der Waals surface area contributed by atoms with Crippen LogP contribution in [0.3, 0.4) is 0 Å². The van der Waals surface area contributed by atoms with E-state index >= 15 is 0 Å². The second-order valence-corrected chi connectivity index (χ2v) is 4.83. The summed E-state index contributed by atoms with van der Waals surface area (Å²) in [5.41, 5.74) is 5.29. The van der Waals surface area contributed by atoms with E-state index in [0.29, 0.717) is 71.9 Å². The molecule has 1 atom stereocenters. The van der Waals surface area contributed by atoms with Crippen LogP contribution in [0, 0.1) is 5.92 Å². The lowest BCUT2D eigenvalue weighted by Gasteiger charge is -2.10. The van der Waals surface area contributed by atoms with Gasteiger partial charge in [0.2, 0.25) is 0 Å². The van der Waals surface area contributed by atoms with Crippen LogP contribution in [-0.4, -0.2) is 72.6 Å². The molecule has 0 bridgehead atoms. The standard InChI is InChI=1S/C15H33NO5/c1-3-15(2)14-21-13-12-20-11-10-19-9-8-18-7-6-17-5-4-16/h15H,3-14,16H2,1-2H3. The molecule has 0 saturated carbocycles. The molecule has 21 heavy (non-hydrogen) atoms. The van der Waals surface area contributed by atoms with Gasteiger partial charge >= 0.3 is 0 Å². The molecular formula is C15H33NO5. The summed E-state index contributed by atoms with van der Waals surface area (Å²) < 4.78 is 26.7. The van der Waals surface area contributed by atoms with Crippen molar-refractivity contribution in [1.29, 1.82) is 0 Å². The highest BCUT2D eigenvalue weighted by molar-refractivity contribution is 4.45. The van der Waals surface area contributed by atoms with Crippen molar-refractivity contribution in [2.45, 2.75) is 20.3 Å². The molecule has 0 fully saturated rings. The molecule has 0 aromatic carbocycles. The number of rotatable bonds is 17. The van der Waals surface area contributed by atoms with Gasteiger partial charge in [-0.05, 0) is 5.92 Å². The van der Waals surface area contributed by atoms with Crippen LogP contribution in [-0.2, 0) is 23.7 Å². The molecule has 0 aliphatic rings. The highest BCUT2D eigenvalue weighted by atomic mass is 16.6. The van der Waals surface area contributed by atoms with Gasteiger partial charge in [-0.2, -0.15) is 0 Å². The molecule has 128 valence electrons. The van der Waals surface area contributed by atoms with Gasteiger partial charge in [0.05, 0.1) is 59.5 Å². The van der Waals surface area contributed by atoms with Crippen molar-refractivity contribution < 1.29 is 23.7 Å². The van der Waals surface area contributed by atoms with Crippen molar-refractivity contribution in [3.8, 4) is 0 Å². The first-order chi connectivity index (χ1) is 10.3. The van der Waals surface area contributed by atoms with E-state index in [-0.39, 0.29) is 0 Å². The van der Waals surface area contributed by atoms with E-state index in [0.717, 1.165) is 13.0 Å². The Morgan fingerprint density at radius 1 is 0.667 bits per heavy atom. The van der Waals surface area contributed by atoms with E-state index in [2.05, 4.69) is 13.8 Å². The average Bonchev–Trinajstić information content (AvgIpc) is 2.50. The van der Waals surface area contributed by atoms with Crippen LogP contribution < -0.4 is 5.73 Å². The molecule has 0 aliphatic heterocycles. The van der Waals surface area contributed by atoms with Crippen molar-refractivity contribution in [3.05, 3.63) is 0 Å². The summed E-state index contributed by atoms with van der Waals surface area (Å²) in [6.07, 6.45) is 1.15. The minimum Gasteiger partial charge on any atom is -0.379 e. The van der Waals surface area contributed by atoms with Crippen molar-refractivity contribution in [1.82, 2.24) is 0 Å². The lowest BCUT2D eigenvalue weighted by molar-refractivity contribution is -0.0127. The van der Waals surface area contributed by atoms with E-state index in [1.165, 1.54) is 0 Å². The fourth-order valence-corrected chi connectivity index (χ4v) is 1.37. The molecule has 0 saturated heterocycles. The molecule has 0 aromatic rings. The van der Waals surface area contributed by atoms with Crippen molar-refractivity contribution in [2.24, 2.45) is 11.7 Å². The van der Waals surface area contributed by atoms with Gasteiger partial charge in [0.15, 0.2) is 0 Å². The largest absolute Gasteiger partial charge is 0.379 e. The predicted octanol–water partition coefficient (Wildman–Crippen LogP) is 1.07. The van der Waals surface area contributed by atoms with Crippen LogP contribution >= 0.6 is 0 Å². The Bertz CT molecular complexity index is 195. The summed E-state index contributed by atoms with van der Waals surface area (Å²) >= 11 is 0. The van der Waals surface area contributed by atoms with E-state index in [1.807, 2.05) is 0 Å². The summed E-state index contributed by atoms with van der Waals surface area (Å²) in [4.78, 5) is 0. The smallest absolute Gasteiger partial charge is 0.0701 e. The predicted molar refractivity (Wildman–Crippen MR) is 82.6 cm³/mol. The third-order valence-corrected chi connectivity index (χ3v) is 2.85. The Morgan fingerprint density at radius 2 is 1.05 bits per heavy atom. The van der Waals surface area contributed by atoms with Crippen LogP contribution in [0.2, 0.25) is 0 Å². The summed E-state index contributed by atoms with van der Waals surface area (Å²) in [7, 11) is 0. The molecule has 0 amide bonds. The zero-order valence-electron chi connectivity index (χ0n) is 13.7. The maximum atomic E-state index is 5.48. The molecule has 6 nitrogen and oxygen atoms in total. The van der Waals surface area contributed by atoms with Crippen molar-refractivity contribution in [2.75, 3.05) is 72.6 Å². The monoisotopic (exact) mass is 307 g/mol. The maximum Gasteiger partial charge on any atom is 0.0701 e. The summed E-state index contributed by atoms with van der Waals surface area (Å²) in [5, 5.41) is 0. The first-order valence-electron chi connectivity index (χ1n) is 7.90. The van der Waals surface area contributed by atoms with E-state index in [9.17, 15) is 0 Å². The number of hydrogen-bond donors (Lipinski definition) is 1. The van der Waals surface area contributed by atoms with Crippen LogP contribution in [0.4, 0.5) is 0 Å². The average molecular weight is 307 g/mol. The molecule has 0 aliphatic carbocycles. The van der Waals surface area contributed by atoms with Gasteiger partial charge in [0, 0.05) is 13.2 Å². The number of ether oxygens (including phenoxy) is 5. The van der Waals surface area contributed by atoms with Gasteiger partial charge in [0.1, 0.15) is 0 Å². The third-order valence-electron chi connectivity index (χ3n) is 2.85. The summed E-state index contributed by atoms with van der Waals surface area (Å²) in [6.45, 7) is 11.0. The van der Waals surface area contributed by atoms with Crippen LogP contribution in [0.25, 0.3) is 0 Å². The topological polar surface area (TPSA) is 72.2 Å². The Kier molecular flexibility index (Phi) is 17.6. The quantitative estimate of drug-likeness (QED) is 0.405. The van der Waals surface area contributed by atoms with Gasteiger partial charge in [-0.15, -0.1) is 0 Å². The Morgan fingerprint density at radius 3 is 1.43 bits per heavy atom. The molecule has 0 heterocycles. The van der Waals surface area contributed by atoms with Gasteiger partial charge in [-0.25, -0.2) is 0 Å². The molecule has 0 rings (SSSR count). The minimum absolute atomic E-state index is 0.547. The fraction of sp³-hybridized carbons (Fsp3) is 1.00. The van der Waals surface area contributed by atoms with Crippen molar-refractivity contribution in [3.63, 3.8) is 0 Å². The lowest BCUT2D eigenvalue weighted by atomic mass is 10.1. The molecule has 2 N–H and O–H groups in total. The van der Waals surface area contributed by atoms with E-state index in [1.54, 1.807) is 0 Å². The van der Waals surface area contributed by atoms with Gasteiger partial charge in [-0.1, -0.05) is 20.3 Å². The first kappa shape index (κ1) is 20.8. The van der Waals surface area contributed by atoms with Crippen LogP contribution in [0.1, 0.15) is 20.3 Å². The van der Waals surface area contributed by atoms with Gasteiger partial charge in [0.25, 0.3) is 0 Å². The zero-order valence-corrected chi connectivity index (χ0v) is 13.7. The molecule has 0 spiro atoms. The molecule has 1 unspecified atom stereocenters. The molecule has 0 radical (unpaired) electrons. The summed E-state index contributed by atoms with van der Waals surface area (Å²) in [5.74, 6) is 0.619. The fourth-order valence-electron chi connectivity index (χ4n) is 1.37. The first-order valence-corrected chi connectivity index (χ1v) is 7.90. The second kappa shape index (κ2) is 17.8. The Labute approximate surface area is 129 Å². The molecule has 0 aromatic heterocycles. The highest BCUT2D eigenvalue weighted by Crippen LogP contribution is 1.99. The Balaban J connectivity index is 2.96. The SMILES string of the molecule is CCC(C)COCCOCCOCCOCCOCCN. The van der Waals surface area contributed by atoms with Crippen molar-refractivity contribution >= 4 is 0 Å². The van der Waals surface area contributed by atoms with E-state index < -0.39 is 0 Å². The normalized spacial score (nSPS) is 12.7.